The number of benzene rings is 1. The Morgan fingerprint density at radius 1 is 1.26 bits per heavy atom. The predicted octanol–water partition coefficient (Wildman–Crippen LogP) is 1.38. The highest BCUT2D eigenvalue weighted by Gasteiger charge is 2.21. The van der Waals surface area contributed by atoms with Gasteiger partial charge in [0, 0.05) is 11.3 Å². The number of Topliss-reactive ketones (excluding diaryl/α,β-unsaturated/α-hetero) is 1. The maximum atomic E-state index is 12.2. The summed E-state index contributed by atoms with van der Waals surface area (Å²) in [5, 5.41) is 3.21. The number of nitrogens with one attached hydrogen (secondary N) is 2. The Morgan fingerprint density at radius 2 is 1.95 bits per heavy atom. The van der Waals surface area contributed by atoms with Gasteiger partial charge in [0.15, 0.2) is 5.78 Å². The van der Waals surface area contributed by atoms with Gasteiger partial charge in [-0.25, -0.2) is 8.42 Å². The highest BCUT2D eigenvalue weighted by Crippen LogP contribution is 2.16. The van der Waals surface area contributed by atoms with Gasteiger partial charge in [-0.3, -0.25) is 9.52 Å². The van der Waals surface area contributed by atoms with Gasteiger partial charge in [0.1, 0.15) is 0 Å². The van der Waals surface area contributed by atoms with Crippen LogP contribution in [-0.4, -0.2) is 33.0 Å². The largest absolute Gasteiger partial charge is 0.307 e. The van der Waals surface area contributed by atoms with Crippen LogP contribution < -0.4 is 10.0 Å². The smallest absolute Gasteiger partial charge is 0.229 e. The highest BCUT2D eigenvalue weighted by molar-refractivity contribution is 7.92. The van der Waals surface area contributed by atoms with E-state index >= 15 is 0 Å². The lowest BCUT2D eigenvalue weighted by atomic mass is 9.96. The molecule has 104 valence electrons. The minimum Gasteiger partial charge on any atom is -0.307 e. The fraction of sp³-hybridized carbons (Fsp3) is 0.462. The monoisotopic (exact) mass is 282 g/mol. The molecule has 1 aromatic carbocycles. The van der Waals surface area contributed by atoms with Gasteiger partial charge in [0.05, 0.1) is 12.3 Å². The molecular formula is C13H18N2O3S. The van der Waals surface area contributed by atoms with Crippen molar-refractivity contribution in [1.29, 1.82) is 0 Å². The maximum absolute atomic E-state index is 12.2. The molecule has 0 spiro atoms. The minimum atomic E-state index is -3.28. The molecule has 0 aliphatic carbocycles. The number of hydrogen-bond acceptors (Lipinski definition) is 4. The summed E-state index contributed by atoms with van der Waals surface area (Å²) in [6.45, 7) is 0.879. The second-order valence-electron chi connectivity index (χ2n) is 4.82. The second kappa shape index (κ2) is 5.71. The van der Waals surface area contributed by atoms with Crippen molar-refractivity contribution in [1.82, 2.24) is 5.32 Å². The van der Waals surface area contributed by atoms with Gasteiger partial charge >= 0.3 is 0 Å². The quantitative estimate of drug-likeness (QED) is 0.818. The summed E-state index contributed by atoms with van der Waals surface area (Å²) in [4.78, 5) is 12.2. The van der Waals surface area contributed by atoms with E-state index in [0.717, 1.165) is 32.1 Å². The van der Waals surface area contributed by atoms with Crippen molar-refractivity contribution in [2.75, 3.05) is 17.5 Å². The fourth-order valence-corrected chi connectivity index (χ4v) is 2.76. The van der Waals surface area contributed by atoms with Crippen LogP contribution in [0.2, 0.25) is 0 Å². The lowest BCUT2D eigenvalue weighted by Crippen LogP contribution is -2.40. The van der Waals surface area contributed by atoms with Crippen LogP contribution in [0, 0.1) is 0 Å². The van der Waals surface area contributed by atoms with Crippen LogP contribution in [0.25, 0.3) is 0 Å². The second-order valence-corrected chi connectivity index (χ2v) is 6.57. The standard InChI is InChI=1S/C13H18N2O3S/c1-19(17,18)15-11-7-5-10(6-8-11)13(16)12-4-2-3-9-14-12/h5-8,12,14-15H,2-4,9H2,1H3. The molecule has 1 heterocycles. The number of anilines is 1. The Bertz CT molecular complexity index is 546. The van der Waals surface area contributed by atoms with E-state index in [1.165, 1.54) is 0 Å². The van der Waals surface area contributed by atoms with E-state index in [4.69, 9.17) is 0 Å². The molecule has 1 aromatic rings. The Kier molecular flexibility index (Phi) is 4.21. The van der Waals surface area contributed by atoms with Crippen molar-refractivity contribution in [2.24, 2.45) is 0 Å². The van der Waals surface area contributed by atoms with Crippen molar-refractivity contribution in [3.05, 3.63) is 29.8 Å². The van der Waals surface area contributed by atoms with E-state index in [-0.39, 0.29) is 11.8 Å². The van der Waals surface area contributed by atoms with Crippen molar-refractivity contribution in [3.8, 4) is 0 Å². The normalized spacial score (nSPS) is 19.9. The molecule has 6 heteroatoms. The summed E-state index contributed by atoms with van der Waals surface area (Å²) in [5.74, 6) is 0.0746. The molecule has 1 fully saturated rings. The number of sulfonamides is 1. The number of carbonyl (C=O) groups excluding carboxylic acids is 1. The van der Waals surface area contributed by atoms with Crippen LogP contribution in [0.3, 0.4) is 0 Å². The van der Waals surface area contributed by atoms with Crippen molar-refractivity contribution in [3.63, 3.8) is 0 Å². The zero-order valence-electron chi connectivity index (χ0n) is 10.8. The summed E-state index contributed by atoms with van der Waals surface area (Å²) >= 11 is 0. The molecule has 1 aliphatic heterocycles. The zero-order chi connectivity index (χ0) is 13.9. The molecule has 2 N–H and O–H groups in total. The minimum absolute atomic E-state index is 0.0746. The molecule has 0 saturated carbocycles. The third-order valence-electron chi connectivity index (χ3n) is 3.10. The van der Waals surface area contributed by atoms with Crippen LogP contribution >= 0.6 is 0 Å². The van der Waals surface area contributed by atoms with Gasteiger partial charge in [-0.2, -0.15) is 0 Å². The Morgan fingerprint density at radius 3 is 2.47 bits per heavy atom. The van der Waals surface area contributed by atoms with E-state index < -0.39 is 10.0 Å². The average molecular weight is 282 g/mol. The summed E-state index contributed by atoms with van der Waals surface area (Å²) in [5.41, 5.74) is 1.08. The number of ketones is 1. The molecule has 1 unspecified atom stereocenters. The summed E-state index contributed by atoms with van der Waals surface area (Å²) in [6.07, 6.45) is 4.14. The highest BCUT2D eigenvalue weighted by atomic mass is 32.2. The molecule has 1 saturated heterocycles. The molecule has 0 bridgehead atoms. The lowest BCUT2D eigenvalue weighted by Gasteiger charge is -2.22. The van der Waals surface area contributed by atoms with Crippen molar-refractivity contribution < 1.29 is 13.2 Å². The van der Waals surface area contributed by atoms with E-state index in [1.807, 2.05) is 0 Å². The van der Waals surface area contributed by atoms with E-state index in [9.17, 15) is 13.2 Å². The summed E-state index contributed by atoms with van der Waals surface area (Å²) in [6, 6.07) is 6.43. The van der Waals surface area contributed by atoms with Gasteiger partial charge in [-0.05, 0) is 43.7 Å². The molecule has 19 heavy (non-hydrogen) atoms. The van der Waals surface area contributed by atoms with Gasteiger partial charge in [-0.1, -0.05) is 6.42 Å². The Hall–Kier alpha value is -1.40. The summed E-state index contributed by atoms with van der Waals surface area (Å²) < 4.78 is 24.5. The topological polar surface area (TPSA) is 75.3 Å². The zero-order valence-corrected chi connectivity index (χ0v) is 11.7. The molecule has 1 atom stereocenters. The first-order valence-corrected chi connectivity index (χ1v) is 8.20. The van der Waals surface area contributed by atoms with Crippen LogP contribution in [0.4, 0.5) is 5.69 Å². The van der Waals surface area contributed by atoms with Crippen LogP contribution in [0.1, 0.15) is 29.6 Å². The van der Waals surface area contributed by atoms with Gasteiger partial charge in [0.25, 0.3) is 0 Å². The van der Waals surface area contributed by atoms with E-state index in [2.05, 4.69) is 10.0 Å². The van der Waals surface area contributed by atoms with Gasteiger partial charge in [-0.15, -0.1) is 0 Å². The number of hydrogen-bond donors (Lipinski definition) is 2. The van der Waals surface area contributed by atoms with Crippen LogP contribution in [0.15, 0.2) is 24.3 Å². The molecule has 0 amide bonds. The predicted molar refractivity (Wildman–Crippen MR) is 74.9 cm³/mol. The first kappa shape index (κ1) is 14.0. The van der Waals surface area contributed by atoms with Crippen molar-refractivity contribution >= 4 is 21.5 Å². The molecular weight excluding hydrogens is 264 g/mol. The number of carbonyl (C=O) groups is 1. The lowest BCUT2D eigenvalue weighted by molar-refractivity contribution is 0.0927. The molecule has 5 nitrogen and oxygen atoms in total. The summed E-state index contributed by atoms with van der Waals surface area (Å²) in [7, 11) is -3.28. The first-order valence-electron chi connectivity index (χ1n) is 6.31. The third kappa shape index (κ3) is 4.04. The fourth-order valence-electron chi connectivity index (χ4n) is 2.19. The maximum Gasteiger partial charge on any atom is 0.229 e. The van der Waals surface area contributed by atoms with Gasteiger partial charge in [0.2, 0.25) is 10.0 Å². The number of rotatable bonds is 4. The van der Waals surface area contributed by atoms with Crippen LogP contribution in [0.5, 0.6) is 0 Å². The molecule has 1 aliphatic rings. The molecule has 2 rings (SSSR count). The Labute approximate surface area is 113 Å². The Balaban J connectivity index is 2.07. The third-order valence-corrected chi connectivity index (χ3v) is 3.71. The molecule has 0 aromatic heterocycles. The first-order chi connectivity index (χ1) is 8.96. The van der Waals surface area contributed by atoms with Crippen LogP contribution in [-0.2, 0) is 10.0 Å². The average Bonchev–Trinajstić information content (AvgIpc) is 2.38. The number of piperidine rings is 1. The van der Waals surface area contributed by atoms with E-state index in [1.54, 1.807) is 24.3 Å². The molecule has 0 radical (unpaired) electrons. The van der Waals surface area contributed by atoms with E-state index in [0.29, 0.717) is 11.3 Å². The SMILES string of the molecule is CS(=O)(=O)Nc1ccc(C(=O)C2CCCCN2)cc1. The van der Waals surface area contributed by atoms with Crippen molar-refractivity contribution in [2.45, 2.75) is 25.3 Å². The van der Waals surface area contributed by atoms with Gasteiger partial charge < -0.3 is 5.32 Å².